The van der Waals surface area contributed by atoms with Crippen LogP contribution in [0.3, 0.4) is 0 Å². The highest BCUT2D eigenvalue weighted by atomic mass is 16.3. The molecule has 0 fully saturated rings. The summed E-state index contributed by atoms with van der Waals surface area (Å²) in [6, 6.07) is 4.19. The minimum absolute atomic E-state index is 0.0623. The molecule has 0 saturated carbocycles. The van der Waals surface area contributed by atoms with Gasteiger partial charge in [-0.15, -0.1) is 0 Å². The van der Waals surface area contributed by atoms with E-state index in [1.807, 2.05) is 0 Å². The average molecular weight is 165 g/mol. The molecule has 0 aliphatic carbocycles. The smallest absolute Gasteiger partial charge is 0.211 e. The number of nitrogens with one attached hydrogen (secondary N) is 1. The molecule has 4 heteroatoms. The first-order chi connectivity index (χ1) is 5.77. The number of phenolic OH excluding ortho intramolecular Hbond substituents is 1. The Morgan fingerprint density at radius 1 is 1.33 bits per heavy atom. The Balaban J connectivity index is 3.06. The lowest BCUT2D eigenvalue weighted by atomic mass is 10.2. The molecule has 62 valence electrons. The summed E-state index contributed by atoms with van der Waals surface area (Å²) < 4.78 is 0. The highest BCUT2D eigenvalue weighted by Gasteiger charge is 1.99. The van der Waals surface area contributed by atoms with Gasteiger partial charge >= 0.3 is 0 Å². The molecule has 0 heterocycles. The second-order valence-corrected chi connectivity index (χ2v) is 2.16. The molecule has 12 heavy (non-hydrogen) atoms. The number of phenols is 1. The normalized spacial score (nSPS) is 9.00. The van der Waals surface area contributed by atoms with E-state index in [2.05, 4.69) is 5.32 Å². The van der Waals surface area contributed by atoms with Crippen molar-refractivity contribution in [2.45, 2.75) is 0 Å². The highest BCUT2D eigenvalue weighted by Crippen LogP contribution is 2.22. The molecule has 0 saturated heterocycles. The van der Waals surface area contributed by atoms with Crippen molar-refractivity contribution in [3.63, 3.8) is 0 Å². The summed E-state index contributed by atoms with van der Waals surface area (Å²) in [5.74, 6) is -0.0623. The molecular weight excluding hydrogens is 158 g/mol. The Labute approximate surface area is 68.8 Å². The Bertz CT molecular complexity index is 309. The molecule has 0 unspecified atom stereocenters. The van der Waals surface area contributed by atoms with E-state index < -0.39 is 0 Å². The van der Waals surface area contributed by atoms with Crippen LogP contribution in [-0.4, -0.2) is 17.8 Å². The zero-order chi connectivity index (χ0) is 8.97. The number of aldehydes is 1. The van der Waals surface area contributed by atoms with Gasteiger partial charge < -0.3 is 10.4 Å². The first-order valence-corrected chi connectivity index (χ1v) is 3.26. The van der Waals surface area contributed by atoms with Crippen molar-refractivity contribution in [1.82, 2.24) is 0 Å². The lowest BCUT2D eigenvalue weighted by Crippen LogP contribution is -1.94. The molecular formula is C8H7NO3. The van der Waals surface area contributed by atoms with Gasteiger partial charge in [-0.2, -0.15) is 0 Å². The van der Waals surface area contributed by atoms with E-state index in [9.17, 15) is 9.59 Å². The molecule has 0 aromatic heterocycles. The van der Waals surface area contributed by atoms with Gasteiger partial charge in [-0.1, -0.05) is 0 Å². The Morgan fingerprint density at radius 2 is 2.08 bits per heavy atom. The van der Waals surface area contributed by atoms with Crippen LogP contribution < -0.4 is 5.32 Å². The van der Waals surface area contributed by atoms with Crippen LogP contribution in [0.2, 0.25) is 0 Å². The largest absolute Gasteiger partial charge is 0.506 e. The van der Waals surface area contributed by atoms with Crippen LogP contribution in [0.5, 0.6) is 5.75 Å². The van der Waals surface area contributed by atoms with Crippen LogP contribution in [0, 0.1) is 0 Å². The Hall–Kier alpha value is -1.84. The van der Waals surface area contributed by atoms with Crippen molar-refractivity contribution in [3.8, 4) is 5.75 Å². The second-order valence-electron chi connectivity index (χ2n) is 2.16. The summed E-state index contributed by atoms with van der Waals surface area (Å²) in [5.41, 5.74) is 0.631. The van der Waals surface area contributed by atoms with E-state index in [1.54, 1.807) is 0 Å². The summed E-state index contributed by atoms with van der Waals surface area (Å²) in [7, 11) is 0. The molecule has 0 atom stereocenters. The first kappa shape index (κ1) is 8.26. The van der Waals surface area contributed by atoms with Gasteiger partial charge in [-0.25, -0.2) is 0 Å². The van der Waals surface area contributed by atoms with Gasteiger partial charge in [0, 0.05) is 5.56 Å². The fraction of sp³-hybridized carbons (Fsp3) is 0. The van der Waals surface area contributed by atoms with E-state index in [-0.39, 0.29) is 11.4 Å². The van der Waals surface area contributed by atoms with Gasteiger partial charge in [-0.05, 0) is 18.2 Å². The number of aromatic hydroxyl groups is 1. The van der Waals surface area contributed by atoms with Crippen molar-refractivity contribution in [1.29, 1.82) is 0 Å². The summed E-state index contributed by atoms with van der Waals surface area (Å²) >= 11 is 0. The van der Waals surface area contributed by atoms with Crippen molar-refractivity contribution in [3.05, 3.63) is 23.8 Å². The number of hydrogen-bond donors (Lipinski definition) is 2. The van der Waals surface area contributed by atoms with Gasteiger partial charge in [0.05, 0.1) is 5.69 Å². The van der Waals surface area contributed by atoms with Crippen molar-refractivity contribution >= 4 is 18.4 Å². The van der Waals surface area contributed by atoms with Crippen LogP contribution >= 0.6 is 0 Å². The molecule has 1 aromatic carbocycles. The summed E-state index contributed by atoms with van der Waals surface area (Å²) in [4.78, 5) is 20.3. The van der Waals surface area contributed by atoms with Crippen molar-refractivity contribution < 1.29 is 14.7 Å². The molecule has 0 aliphatic heterocycles. The maximum absolute atomic E-state index is 10.3. The van der Waals surface area contributed by atoms with E-state index in [0.29, 0.717) is 18.3 Å². The van der Waals surface area contributed by atoms with E-state index >= 15 is 0 Å². The number of hydrogen-bond acceptors (Lipinski definition) is 3. The molecule has 0 radical (unpaired) electrons. The van der Waals surface area contributed by atoms with Gasteiger partial charge in [0.25, 0.3) is 0 Å². The van der Waals surface area contributed by atoms with Crippen LogP contribution in [0.15, 0.2) is 18.2 Å². The second kappa shape index (κ2) is 3.52. The zero-order valence-corrected chi connectivity index (χ0v) is 6.15. The third kappa shape index (κ3) is 1.60. The lowest BCUT2D eigenvalue weighted by molar-refractivity contribution is -0.105. The minimum atomic E-state index is -0.0623. The highest BCUT2D eigenvalue weighted by molar-refractivity contribution is 5.82. The number of carbonyl (C=O) groups is 2. The van der Waals surface area contributed by atoms with Crippen molar-refractivity contribution in [2.75, 3.05) is 5.32 Å². The van der Waals surface area contributed by atoms with Gasteiger partial charge in [-0.3, -0.25) is 9.59 Å². The van der Waals surface area contributed by atoms with Crippen LogP contribution in [0.25, 0.3) is 0 Å². The number of amides is 1. The topological polar surface area (TPSA) is 66.4 Å². The summed E-state index contributed by atoms with van der Waals surface area (Å²) in [6.45, 7) is 0. The third-order valence-corrected chi connectivity index (χ3v) is 1.37. The summed E-state index contributed by atoms with van der Waals surface area (Å²) in [6.07, 6.45) is 1.07. The Kier molecular flexibility index (Phi) is 2.42. The molecule has 1 rings (SSSR count). The quantitative estimate of drug-likeness (QED) is 0.513. The van der Waals surface area contributed by atoms with Crippen LogP contribution in [-0.2, 0) is 4.79 Å². The van der Waals surface area contributed by atoms with Crippen LogP contribution in [0.4, 0.5) is 5.69 Å². The SMILES string of the molecule is O=CNc1cc(C=O)ccc1O. The molecule has 4 nitrogen and oxygen atoms in total. The van der Waals surface area contributed by atoms with E-state index in [1.165, 1.54) is 18.2 Å². The van der Waals surface area contributed by atoms with Crippen molar-refractivity contribution in [2.24, 2.45) is 0 Å². The molecule has 0 spiro atoms. The molecule has 0 bridgehead atoms. The van der Waals surface area contributed by atoms with Gasteiger partial charge in [0.15, 0.2) is 0 Å². The monoisotopic (exact) mass is 165 g/mol. The van der Waals surface area contributed by atoms with Crippen LogP contribution in [0.1, 0.15) is 10.4 Å². The predicted octanol–water partition coefficient (Wildman–Crippen LogP) is 0.773. The summed E-state index contributed by atoms with van der Waals surface area (Å²) in [5, 5.41) is 11.4. The third-order valence-electron chi connectivity index (χ3n) is 1.37. The molecule has 2 N–H and O–H groups in total. The first-order valence-electron chi connectivity index (χ1n) is 3.26. The molecule has 1 aromatic rings. The maximum atomic E-state index is 10.3. The average Bonchev–Trinajstić information content (AvgIpc) is 2.09. The number of carbonyl (C=O) groups excluding carboxylic acids is 2. The minimum Gasteiger partial charge on any atom is -0.506 e. The maximum Gasteiger partial charge on any atom is 0.211 e. The van der Waals surface area contributed by atoms with Gasteiger partial charge in [0.2, 0.25) is 6.41 Å². The predicted molar refractivity (Wildman–Crippen MR) is 43.2 cm³/mol. The fourth-order valence-electron chi connectivity index (χ4n) is 0.806. The van der Waals surface area contributed by atoms with Gasteiger partial charge in [0.1, 0.15) is 12.0 Å². The zero-order valence-electron chi connectivity index (χ0n) is 6.15. The molecule has 1 amide bonds. The number of benzene rings is 1. The number of anilines is 1. The lowest BCUT2D eigenvalue weighted by Gasteiger charge is -2.01. The van der Waals surface area contributed by atoms with E-state index in [0.717, 1.165) is 0 Å². The number of rotatable bonds is 3. The standard InChI is InChI=1S/C8H7NO3/c10-4-6-1-2-8(12)7(3-6)9-5-11/h1-5,12H,(H,9,11). The molecule has 0 aliphatic rings. The fourth-order valence-corrected chi connectivity index (χ4v) is 0.806. The Morgan fingerprint density at radius 3 is 2.67 bits per heavy atom. The van der Waals surface area contributed by atoms with E-state index in [4.69, 9.17) is 5.11 Å².